The number of carbonyl (C=O) groups excluding carboxylic acids is 1. The Labute approximate surface area is 101 Å². The highest BCUT2D eigenvalue weighted by Gasteiger charge is 2.00. The molecule has 0 bridgehead atoms. The van der Waals surface area contributed by atoms with Gasteiger partial charge in [-0.3, -0.25) is 4.79 Å². The molecule has 1 unspecified atom stereocenters. The van der Waals surface area contributed by atoms with Crippen LogP contribution in [0.15, 0.2) is 0 Å². The number of aliphatic hydroxyl groups excluding tert-OH is 1. The molecule has 0 radical (unpaired) electrons. The van der Waals surface area contributed by atoms with E-state index >= 15 is 0 Å². The summed E-state index contributed by atoms with van der Waals surface area (Å²) in [5.41, 5.74) is 0. The fraction of sp³-hybridized carbons (Fsp3) is 0.909. The lowest BCUT2D eigenvalue weighted by atomic mass is 10.1. The molecule has 0 spiro atoms. The summed E-state index contributed by atoms with van der Waals surface area (Å²) in [6, 6.07) is 0. The summed E-state index contributed by atoms with van der Waals surface area (Å²) >= 11 is 2.66. The zero-order chi connectivity index (χ0) is 11.5. The summed E-state index contributed by atoms with van der Waals surface area (Å²) in [5, 5.41) is 9.03. The largest absolute Gasteiger partial charge is 0.393 e. The molecule has 4 heteroatoms. The lowest BCUT2D eigenvalue weighted by Gasteiger charge is -2.03. The van der Waals surface area contributed by atoms with Crippen molar-refractivity contribution < 1.29 is 13.7 Å². The van der Waals surface area contributed by atoms with Crippen LogP contribution in [0.5, 0.6) is 0 Å². The van der Waals surface area contributed by atoms with Gasteiger partial charge in [0.1, 0.15) is 0 Å². The normalized spacial score (nSPS) is 12.5. The first-order valence-electron chi connectivity index (χ1n) is 5.66. The maximum absolute atomic E-state index is 10.7. The molecule has 1 N–H and O–H groups in total. The minimum Gasteiger partial charge on any atom is -0.393 e. The molecule has 0 heterocycles. The predicted molar refractivity (Wildman–Crippen MR) is 63.6 cm³/mol. The molecule has 0 saturated heterocycles. The molecule has 0 aromatic rings. The van der Waals surface area contributed by atoms with Gasteiger partial charge in [0.05, 0.1) is 6.10 Å². The molecule has 0 aliphatic heterocycles. The molecule has 15 heavy (non-hydrogen) atoms. The number of unbranched alkanes of at least 4 members (excludes halogenated alkanes) is 5. The van der Waals surface area contributed by atoms with Crippen molar-refractivity contribution in [2.75, 3.05) is 0 Å². The Balaban J connectivity index is 3.02. The van der Waals surface area contributed by atoms with E-state index in [0.717, 1.165) is 32.1 Å². The van der Waals surface area contributed by atoms with Crippen LogP contribution in [0.25, 0.3) is 0 Å². The second kappa shape index (κ2) is 10.4. The fourth-order valence-corrected chi connectivity index (χ4v) is 1.62. The van der Waals surface area contributed by atoms with Gasteiger partial charge in [0.15, 0.2) is 16.3 Å². The van der Waals surface area contributed by atoms with E-state index in [1.165, 1.54) is 12.8 Å². The zero-order valence-corrected chi connectivity index (χ0v) is 11.0. The van der Waals surface area contributed by atoms with Crippen LogP contribution < -0.4 is 0 Å². The van der Waals surface area contributed by atoms with Crippen LogP contribution in [0, 0.1) is 0 Å². The number of rotatable bonds is 9. The number of halogens is 1. The average Bonchev–Trinajstić information content (AvgIpc) is 2.21. The molecule has 0 saturated carbocycles. The van der Waals surface area contributed by atoms with Crippen molar-refractivity contribution in [1.29, 1.82) is 0 Å². The maximum atomic E-state index is 10.7. The summed E-state index contributed by atoms with van der Waals surface area (Å²) in [5.74, 6) is -0.191. The predicted octanol–water partition coefficient (Wildman–Crippen LogP) is 3.34. The third kappa shape index (κ3) is 11.8. The summed E-state index contributed by atoms with van der Waals surface area (Å²) in [7, 11) is 0. The van der Waals surface area contributed by atoms with Crippen LogP contribution in [0.4, 0.5) is 0 Å². The Hall–Kier alpha value is -0.0900. The van der Waals surface area contributed by atoms with Gasteiger partial charge in [0.25, 0.3) is 0 Å². The van der Waals surface area contributed by atoms with Gasteiger partial charge in [0, 0.05) is 6.42 Å². The van der Waals surface area contributed by atoms with Crippen molar-refractivity contribution >= 4 is 22.2 Å². The summed E-state index contributed by atoms with van der Waals surface area (Å²) < 4.78 is 4.37. The highest BCUT2D eigenvalue weighted by atomic mass is 79.9. The Morgan fingerprint density at radius 1 is 1.20 bits per heavy atom. The quantitative estimate of drug-likeness (QED) is 0.659. The minimum atomic E-state index is -0.191. The number of carbonyl (C=O) groups is 1. The van der Waals surface area contributed by atoms with Gasteiger partial charge < -0.3 is 8.93 Å². The number of hydrogen-bond donors (Lipinski definition) is 1. The van der Waals surface area contributed by atoms with Gasteiger partial charge in [-0.25, -0.2) is 0 Å². The van der Waals surface area contributed by atoms with E-state index in [4.69, 9.17) is 5.11 Å². The molecule has 1 atom stereocenters. The van der Waals surface area contributed by atoms with E-state index < -0.39 is 0 Å². The molecule has 0 aliphatic rings. The Bertz CT molecular complexity index is 160. The first kappa shape index (κ1) is 14.9. The molecular formula is C11H21BrO3. The van der Waals surface area contributed by atoms with Crippen molar-refractivity contribution in [3.8, 4) is 0 Å². The zero-order valence-electron chi connectivity index (χ0n) is 9.38. The van der Waals surface area contributed by atoms with Gasteiger partial charge in [-0.15, -0.1) is 0 Å². The molecule has 0 rings (SSSR count). The van der Waals surface area contributed by atoms with Gasteiger partial charge >= 0.3 is 5.97 Å². The first-order valence-corrected chi connectivity index (χ1v) is 6.31. The van der Waals surface area contributed by atoms with Crippen LogP contribution >= 0.6 is 16.3 Å². The first-order chi connectivity index (χ1) is 7.16. The maximum Gasteiger partial charge on any atom is 0.317 e. The SMILES string of the molecule is CC(O)CCCCCCCCC(=O)OBr. The van der Waals surface area contributed by atoms with E-state index in [1.54, 1.807) is 0 Å². The van der Waals surface area contributed by atoms with Crippen molar-refractivity contribution in [2.45, 2.75) is 64.4 Å². The van der Waals surface area contributed by atoms with Crippen LogP contribution in [-0.4, -0.2) is 17.2 Å². The van der Waals surface area contributed by atoms with Gasteiger partial charge in [-0.2, -0.15) is 0 Å². The van der Waals surface area contributed by atoms with Crippen LogP contribution in [0.1, 0.15) is 58.3 Å². The van der Waals surface area contributed by atoms with E-state index in [9.17, 15) is 4.79 Å². The molecule has 0 aliphatic carbocycles. The standard InChI is InChI=1S/C11H21BrO3/c1-10(13)8-6-4-2-3-5-7-9-11(14)15-12/h10,13H,2-9H2,1H3. The van der Waals surface area contributed by atoms with Crippen molar-refractivity contribution in [3.05, 3.63) is 0 Å². The Morgan fingerprint density at radius 2 is 1.73 bits per heavy atom. The molecule has 0 fully saturated rings. The lowest BCUT2D eigenvalue weighted by Crippen LogP contribution is -1.98. The van der Waals surface area contributed by atoms with E-state index in [2.05, 4.69) is 20.1 Å². The molecular weight excluding hydrogens is 260 g/mol. The van der Waals surface area contributed by atoms with Gasteiger partial charge in [-0.1, -0.05) is 32.1 Å². The van der Waals surface area contributed by atoms with Crippen LogP contribution in [0.2, 0.25) is 0 Å². The van der Waals surface area contributed by atoms with Crippen molar-refractivity contribution in [3.63, 3.8) is 0 Å². The van der Waals surface area contributed by atoms with Crippen molar-refractivity contribution in [1.82, 2.24) is 0 Å². The lowest BCUT2D eigenvalue weighted by molar-refractivity contribution is -0.132. The second-order valence-electron chi connectivity index (χ2n) is 3.96. The van der Waals surface area contributed by atoms with Crippen LogP contribution in [0.3, 0.4) is 0 Å². The third-order valence-corrected chi connectivity index (χ3v) is 2.70. The molecule has 3 nitrogen and oxygen atoms in total. The molecule has 0 amide bonds. The highest BCUT2D eigenvalue weighted by Crippen LogP contribution is 2.10. The van der Waals surface area contributed by atoms with Gasteiger partial charge in [-0.05, 0) is 19.8 Å². The van der Waals surface area contributed by atoms with Crippen LogP contribution in [-0.2, 0) is 8.62 Å². The topological polar surface area (TPSA) is 46.5 Å². The number of aliphatic hydroxyl groups is 1. The second-order valence-corrected chi connectivity index (χ2v) is 4.28. The van der Waals surface area contributed by atoms with Crippen molar-refractivity contribution in [2.24, 2.45) is 0 Å². The third-order valence-electron chi connectivity index (χ3n) is 2.34. The van der Waals surface area contributed by atoms with Gasteiger partial charge in [0.2, 0.25) is 0 Å². The van der Waals surface area contributed by atoms with E-state index in [0.29, 0.717) is 6.42 Å². The number of hydrogen-bond acceptors (Lipinski definition) is 3. The summed E-state index contributed by atoms with van der Waals surface area (Å²) in [6.45, 7) is 1.83. The molecule has 0 aromatic heterocycles. The molecule has 90 valence electrons. The monoisotopic (exact) mass is 280 g/mol. The van der Waals surface area contributed by atoms with E-state index in [-0.39, 0.29) is 12.1 Å². The smallest absolute Gasteiger partial charge is 0.317 e. The van der Waals surface area contributed by atoms with E-state index in [1.807, 2.05) is 6.92 Å². The minimum absolute atomic E-state index is 0.168. The summed E-state index contributed by atoms with van der Waals surface area (Å²) in [6.07, 6.45) is 7.84. The Morgan fingerprint density at radius 3 is 2.27 bits per heavy atom. The highest BCUT2D eigenvalue weighted by molar-refractivity contribution is 9.06. The Kier molecular flexibility index (Phi) is 10.4. The summed E-state index contributed by atoms with van der Waals surface area (Å²) in [4.78, 5) is 10.7. The average molecular weight is 281 g/mol. The fourth-order valence-electron chi connectivity index (χ4n) is 1.45. The molecule has 0 aromatic carbocycles.